The van der Waals surface area contributed by atoms with Gasteiger partial charge in [0.2, 0.25) is 5.91 Å². The summed E-state index contributed by atoms with van der Waals surface area (Å²) >= 11 is 1.44. The quantitative estimate of drug-likeness (QED) is 0.663. The number of hydrogen-bond donors (Lipinski definition) is 0. The molecule has 6 heteroatoms. The molecular formula is C20H20N4OS. The van der Waals surface area contributed by atoms with Gasteiger partial charge in [0.05, 0.1) is 5.75 Å². The molecule has 2 aromatic carbocycles. The van der Waals surface area contributed by atoms with E-state index in [2.05, 4.69) is 16.3 Å². The van der Waals surface area contributed by atoms with Crippen LogP contribution in [0.5, 0.6) is 0 Å². The van der Waals surface area contributed by atoms with Gasteiger partial charge in [-0.1, -0.05) is 48.2 Å². The predicted molar refractivity (Wildman–Crippen MR) is 104 cm³/mol. The highest BCUT2D eigenvalue weighted by molar-refractivity contribution is 7.99. The van der Waals surface area contributed by atoms with Gasteiger partial charge in [-0.25, -0.2) is 0 Å². The van der Waals surface area contributed by atoms with Crippen molar-refractivity contribution in [2.45, 2.75) is 24.9 Å². The summed E-state index contributed by atoms with van der Waals surface area (Å²) in [5, 5.41) is 9.19. The molecule has 0 saturated heterocycles. The zero-order chi connectivity index (χ0) is 17.9. The number of nitrogens with zero attached hydrogens (tertiary/aromatic N) is 4. The molecule has 0 spiro atoms. The van der Waals surface area contributed by atoms with Gasteiger partial charge in [0.25, 0.3) is 0 Å². The molecule has 0 saturated carbocycles. The van der Waals surface area contributed by atoms with Gasteiger partial charge in [-0.2, -0.15) is 0 Å². The van der Waals surface area contributed by atoms with Gasteiger partial charge in [-0.3, -0.25) is 9.36 Å². The van der Waals surface area contributed by atoms with Crippen molar-refractivity contribution in [2.75, 3.05) is 17.2 Å². The van der Waals surface area contributed by atoms with Crippen LogP contribution in [0.2, 0.25) is 0 Å². The molecule has 1 aliphatic heterocycles. The van der Waals surface area contributed by atoms with E-state index in [1.165, 1.54) is 17.3 Å². The molecule has 5 nitrogen and oxygen atoms in total. The van der Waals surface area contributed by atoms with Gasteiger partial charge in [-0.05, 0) is 43.5 Å². The van der Waals surface area contributed by atoms with Gasteiger partial charge < -0.3 is 4.90 Å². The zero-order valence-corrected chi connectivity index (χ0v) is 15.4. The molecule has 26 heavy (non-hydrogen) atoms. The first-order valence-corrected chi connectivity index (χ1v) is 9.71. The van der Waals surface area contributed by atoms with Gasteiger partial charge >= 0.3 is 0 Å². The number of rotatable bonds is 4. The summed E-state index contributed by atoms with van der Waals surface area (Å²) in [6, 6.07) is 18.2. The lowest BCUT2D eigenvalue weighted by atomic mass is 10.0. The average Bonchev–Trinajstić information content (AvgIpc) is 3.06. The van der Waals surface area contributed by atoms with Crippen LogP contribution in [0.1, 0.15) is 17.8 Å². The fraction of sp³-hybridized carbons (Fsp3) is 0.250. The van der Waals surface area contributed by atoms with E-state index in [-0.39, 0.29) is 5.91 Å². The van der Waals surface area contributed by atoms with Crippen molar-refractivity contribution in [1.82, 2.24) is 14.8 Å². The lowest BCUT2D eigenvalue weighted by Crippen LogP contribution is -2.36. The number of benzene rings is 2. The van der Waals surface area contributed by atoms with Crippen molar-refractivity contribution in [2.24, 2.45) is 0 Å². The van der Waals surface area contributed by atoms with Crippen LogP contribution >= 0.6 is 11.8 Å². The molecular weight excluding hydrogens is 344 g/mol. The molecule has 2 heterocycles. The number of para-hydroxylation sites is 2. The molecule has 0 radical (unpaired) electrons. The Morgan fingerprint density at radius 3 is 2.69 bits per heavy atom. The third-order valence-electron chi connectivity index (χ3n) is 4.55. The Labute approximate surface area is 157 Å². The largest absolute Gasteiger partial charge is 0.311 e. The first kappa shape index (κ1) is 16.8. The highest BCUT2D eigenvalue weighted by Gasteiger charge is 2.23. The molecule has 0 atom stereocenters. The van der Waals surface area contributed by atoms with Crippen LogP contribution < -0.4 is 4.90 Å². The molecule has 3 aromatic rings. The Bertz CT molecular complexity index is 923. The van der Waals surface area contributed by atoms with Gasteiger partial charge in [0.15, 0.2) is 5.16 Å². The summed E-state index contributed by atoms with van der Waals surface area (Å²) in [6.45, 7) is 2.70. The Morgan fingerprint density at radius 1 is 1.08 bits per heavy atom. The lowest BCUT2D eigenvalue weighted by Gasteiger charge is -2.29. The standard InChI is InChI=1S/C20H20N4OS/c1-15-21-22-20(24(15)17-10-3-2-4-11-17)26-14-19(25)23-13-7-9-16-8-5-6-12-18(16)23/h2-6,8,10-12H,7,9,13-14H2,1H3. The van der Waals surface area contributed by atoms with Gasteiger partial charge in [0.1, 0.15) is 5.82 Å². The van der Waals surface area contributed by atoms with Crippen LogP contribution in [0, 0.1) is 6.92 Å². The van der Waals surface area contributed by atoms with Crippen molar-refractivity contribution >= 4 is 23.4 Å². The van der Waals surface area contributed by atoms with E-state index in [4.69, 9.17) is 0 Å². The van der Waals surface area contributed by atoms with Crippen molar-refractivity contribution in [3.63, 3.8) is 0 Å². The number of amides is 1. The van der Waals surface area contributed by atoms with E-state index in [0.717, 1.165) is 41.7 Å². The molecule has 1 aliphatic rings. The second-order valence-corrected chi connectivity index (χ2v) is 7.21. The summed E-state index contributed by atoms with van der Waals surface area (Å²) in [5.41, 5.74) is 3.30. The molecule has 0 unspecified atom stereocenters. The number of thioether (sulfide) groups is 1. The Hall–Kier alpha value is -2.60. The number of carbonyl (C=O) groups excluding carboxylic acids is 1. The minimum atomic E-state index is 0.113. The molecule has 0 aliphatic carbocycles. The van der Waals surface area contributed by atoms with E-state index >= 15 is 0 Å². The second-order valence-electron chi connectivity index (χ2n) is 6.27. The highest BCUT2D eigenvalue weighted by Crippen LogP contribution is 2.28. The topological polar surface area (TPSA) is 51.0 Å². The van der Waals surface area contributed by atoms with Crippen LogP contribution in [0.15, 0.2) is 59.8 Å². The van der Waals surface area contributed by atoms with Crippen LogP contribution in [-0.4, -0.2) is 33.0 Å². The monoisotopic (exact) mass is 364 g/mol. The van der Waals surface area contributed by atoms with Gasteiger partial charge in [-0.15, -0.1) is 10.2 Å². The lowest BCUT2D eigenvalue weighted by molar-refractivity contribution is -0.116. The van der Waals surface area contributed by atoms with Crippen LogP contribution in [0.3, 0.4) is 0 Å². The van der Waals surface area contributed by atoms with E-state index in [1.54, 1.807) is 0 Å². The van der Waals surface area contributed by atoms with Gasteiger partial charge in [0, 0.05) is 17.9 Å². The number of carbonyl (C=O) groups is 1. The number of aromatic nitrogens is 3. The van der Waals surface area contributed by atoms with Crippen LogP contribution in [-0.2, 0) is 11.2 Å². The molecule has 1 aromatic heterocycles. The number of anilines is 1. The van der Waals surface area contributed by atoms with E-state index in [9.17, 15) is 4.79 Å². The Balaban J connectivity index is 1.52. The van der Waals surface area contributed by atoms with Crippen molar-refractivity contribution < 1.29 is 4.79 Å². The van der Waals surface area contributed by atoms with Crippen molar-refractivity contribution in [1.29, 1.82) is 0 Å². The maximum atomic E-state index is 12.8. The molecule has 132 valence electrons. The smallest absolute Gasteiger partial charge is 0.237 e. The van der Waals surface area contributed by atoms with Crippen LogP contribution in [0.4, 0.5) is 5.69 Å². The Kier molecular flexibility index (Phi) is 4.75. The number of fused-ring (bicyclic) bond motifs is 1. The molecule has 4 rings (SSSR count). The minimum absolute atomic E-state index is 0.113. The summed E-state index contributed by atoms with van der Waals surface area (Å²) in [6.07, 6.45) is 2.04. The fourth-order valence-corrected chi connectivity index (χ4v) is 4.18. The number of hydrogen-bond acceptors (Lipinski definition) is 4. The highest BCUT2D eigenvalue weighted by atomic mass is 32.2. The first-order valence-electron chi connectivity index (χ1n) is 8.72. The second kappa shape index (κ2) is 7.33. The minimum Gasteiger partial charge on any atom is -0.311 e. The Morgan fingerprint density at radius 2 is 1.85 bits per heavy atom. The zero-order valence-electron chi connectivity index (χ0n) is 14.6. The van der Waals surface area contributed by atoms with Crippen molar-refractivity contribution in [3.8, 4) is 5.69 Å². The van der Waals surface area contributed by atoms with E-state index in [1.807, 2.05) is 64.9 Å². The normalized spacial score (nSPS) is 13.5. The summed E-state index contributed by atoms with van der Waals surface area (Å²) < 4.78 is 1.99. The van der Waals surface area contributed by atoms with E-state index < -0.39 is 0 Å². The average molecular weight is 364 g/mol. The molecule has 0 bridgehead atoms. The predicted octanol–water partition coefficient (Wildman–Crippen LogP) is 3.65. The third-order valence-corrected chi connectivity index (χ3v) is 5.46. The molecule has 0 fully saturated rings. The van der Waals surface area contributed by atoms with E-state index in [0.29, 0.717) is 5.75 Å². The third kappa shape index (κ3) is 3.24. The summed E-state index contributed by atoms with van der Waals surface area (Å²) in [4.78, 5) is 14.7. The summed E-state index contributed by atoms with van der Waals surface area (Å²) in [7, 11) is 0. The molecule has 1 amide bonds. The fourth-order valence-electron chi connectivity index (χ4n) is 3.31. The molecule has 0 N–H and O–H groups in total. The van der Waals surface area contributed by atoms with Crippen molar-refractivity contribution in [3.05, 3.63) is 66.0 Å². The van der Waals surface area contributed by atoms with Crippen LogP contribution in [0.25, 0.3) is 5.69 Å². The maximum absolute atomic E-state index is 12.8. The SMILES string of the molecule is Cc1nnc(SCC(=O)N2CCCc3ccccc32)n1-c1ccccc1. The maximum Gasteiger partial charge on any atom is 0.237 e. The summed E-state index contributed by atoms with van der Waals surface area (Å²) in [5.74, 6) is 1.27. The number of aryl methyl sites for hydroxylation is 2. The first-order chi connectivity index (χ1) is 12.7.